The summed E-state index contributed by atoms with van der Waals surface area (Å²) < 4.78 is 0. The number of hydrogen-bond acceptors (Lipinski definition) is 2. The van der Waals surface area contributed by atoms with E-state index in [1.54, 1.807) is 0 Å². The van der Waals surface area contributed by atoms with Gasteiger partial charge >= 0.3 is 5.97 Å². The highest BCUT2D eigenvalue weighted by atomic mass is 16.4. The Balaban J connectivity index is 2.46. The molecule has 0 aliphatic rings. The fourth-order valence-electron chi connectivity index (χ4n) is 1.86. The Morgan fingerprint density at radius 3 is 2.38 bits per heavy atom. The molecule has 0 unspecified atom stereocenters. The van der Waals surface area contributed by atoms with Gasteiger partial charge in [-0.3, -0.25) is 4.79 Å². The Hall–Kier alpha value is -1.35. The van der Waals surface area contributed by atoms with Crippen molar-refractivity contribution in [1.29, 1.82) is 0 Å². The maximum Gasteiger partial charge on any atom is 0.320 e. The van der Waals surface area contributed by atoms with E-state index in [-0.39, 0.29) is 0 Å². The van der Waals surface area contributed by atoms with Crippen molar-refractivity contribution >= 4 is 5.97 Å². The molecule has 0 amide bonds. The number of nitrogens with two attached hydrogens (primary N) is 1. The summed E-state index contributed by atoms with van der Waals surface area (Å²) in [6, 6.07) is 5.68. The summed E-state index contributed by atoms with van der Waals surface area (Å²) in [4.78, 5) is 10.5. The van der Waals surface area contributed by atoms with Gasteiger partial charge in [0.15, 0.2) is 0 Å². The molecule has 0 saturated carbocycles. The summed E-state index contributed by atoms with van der Waals surface area (Å²) in [5, 5.41) is 8.64. The van der Waals surface area contributed by atoms with Gasteiger partial charge in [0.2, 0.25) is 0 Å². The van der Waals surface area contributed by atoms with Crippen LogP contribution < -0.4 is 5.73 Å². The Bertz CT molecular complexity index is 354. The van der Waals surface area contributed by atoms with Crippen LogP contribution in [0.5, 0.6) is 0 Å². The number of aryl methyl sites for hydroxylation is 3. The van der Waals surface area contributed by atoms with Gasteiger partial charge in [-0.05, 0) is 38.7 Å². The minimum atomic E-state index is -0.916. The van der Waals surface area contributed by atoms with Crippen LogP contribution in [-0.4, -0.2) is 17.1 Å². The number of carbonyl (C=O) groups is 1. The second-order valence-corrected chi connectivity index (χ2v) is 4.33. The van der Waals surface area contributed by atoms with Crippen LogP contribution in [0.3, 0.4) is 0 Å². The molecule has 1 atom stereocenters. The zero-order chi connectivity index (χ0) is 12.1. The second-order valence-electron chi connectivity index (χ2n) is 4.33. The maximum absolute atomic E-state index is 10.5. The molecule has 3 heteroatoms. The van der Waals surface area contributed by atoms with Crippen molar-refractivity contribution in [3.05, 3.63) is 34.9 Å². The number of carboxylic acids is 1. The van der Waals surface area contributed by atoms with Crippen LogP contribution in [-0.2, 0) is 11.2 Å². The van der Waals surface area contributed by atoms with Gasteiger partial charge in [-0.15, -0.1) is 0 Å². The van der Waals surface area contributed by atoms with E-state index in [0.717, 1.165) is 12.8 Å². The molecule has 0 aliphatic carbocycles. The van der Waals surface area contributed by atoms with Crippen molar-refractivity contribution in [1.82, 2.24) is 0 Å². The van der Waals surface area contributed by atoms with Crippen molar-refractivity contribution in [3.63, 3.8) is 0 Å². The predicted octanol–water partition coefficient (Wildman–Crippen LogP) is 2.04. The number of rotatable bonds is 5. The van der Waals surface area contributed by atoms with E-state index in [1.165, 1.54) is 16.7 Å². The van der Waals surface area contributed by atoms with Crippen molar-refractivity contribution < 1.29 is 9.90 Å². The first kappa shape index (κ1) is 12.7. The zero-order valence-electron chi connectivity index (χ0n) is 9.86. The minimum Gasteiger partial charge on any atom is -0.480 e. The van der Waals surface area contributed by atoms with Crippen LogP contribution in [0.25, 0.3) is 0 Å². The lowest BCUT2D eigenvalue weighted by molar-refractivity contribution is -0.138. The summed E-state index contributed by atoms with van der Waals surface area (Å²) in [5.41, 5.74) is 9.20. The van der Waals surface area contributed by atoms with E-state index >= 15 is 0 Å². The molecular weight excluding hydrogens is 202 g/mol. The van der Waals surface area contributed by atoms with Crippen molar-refractivity contribution in [3.8, 4) is 0 Å². The highest BCUT2D eigenvalue weighted by Crippen LogP contribution is 2.12. The molecule has 0 spiro atoms. The highest BCUT2D eigenvalue weighted by molar-refractivity contribution is 5.72. The normalized spacial score (nSPS) is 12.4. The molecular formula is C13H19NO2. The van der Waals surface area contributed by atoms with Crippen molar-refractivity contribution in [2.75, 3.05) is 0 Å². The van der Waals surface area contributed by atoms with Gasteiger partial charge in [-0.2, -0.15) is 0 Å². The quantitative estimate of drug-likeness (QED) is 0.799. The van der Waals surface area contributed by atoms with Crippen LogP contribution in [0.4, 0.5) is 0 Å². The SMILES string of the molecule is Cc1cc(C)cc(CCC[C@H](N)C(=O)O)c1. The molecule has 3 N–H and O–H groups in total. The zero-order valence-corrected chi connectivity index (χ0v) is 9.86. The van der Waals surface area contributed by atoms with E-state index in [2.05, 4.69) is 32.0 Å². The summed E-state index contributed by atoms with van der Waals surface area (Å²) in [6.07, 6.45) is 2.24. The molecule has 0 saturated heterocycles. The molecule has 3 nitrogen and oxygen atoms in total. The summed E-state index contributed by atoms with van der Waals surface area (Å²) in [5.74, 6) is -0.916. The van der Waals surface area contributed by atoms with Gasteiger partial charge in [0.1, 0.15) is 6.04 Å². The molecule has 0 radical (unpaired) electrons. The van der Waals surface area contributed by atoms with E-state index in [4.69, 9.17) is 10.8 Å². The van der Waals surface area contributed by atoms with Gasteiger partial charge in [-0.25, -0.2) is 0 Å². The van der Waals surface area contributed by atoms with Crippen molar-refractivity contribution in [2.45, 2.75) is 39.2 Å². The molecule has 16 heavy (non-hydrogen) atoms. The van der Waals surface area contributed by atoms with Crippen LogP contribution >= 0.6 is 0 Å². The third-order valence-corrected chi connectivity index (χ3v) is 2.58. The maximum atomic E-state index is 10.5. The molecule has 1 aromatic rings. The Morgan fingerprint density at radius 1 is 1.31 bits per heavy atom. The molecule has 0 heterocycles. The lowest BCUT2D eigenvalue weighted by Gasteiger charge is -2.07. The fourth-order valence-corrected chi connectivity index (χ4v) is 1.86. The van der Waals surface area contributed by atoms with E-state index in [0.29, 0.717) is 6.42 Å². The van der Waals surface area contributed by atoms with E-state index in [9.17, 15) is 4.79 Å². The summed E-state index contributed by atoms with van der Waals surface area (Å²) in [6.45, 7) is 4.14. The topological polar surface area (TPSA) is 63.3 Å². The van der Waals surface area contributed by atoms with Crippen LogP contribution in [0, 0.1) is 13.8 Å². The molecule has 1 aromatic carbocycles. The first-order valence-corrected chi connectivity index (χ1v) is 5.54. The largest absolute Gasteiger partial charge is 0.480 e. The molecule has 1 rings (SSSR count). The molecule has 0 aromatic heterocycles. The molecule has 0 aliphatic heterocycles. The Morgan fingerprint density at radius 2 is 1.88 bits per heavy atom. The van der Waals surface area contributed by atoms with Gasteiger partial charge in [0.25, 0.3) is 0 Å². The van der Waals surface area contributed by atoms with E-state index in [1.807, 2.05) is 0 Å². The smallest absolute Gasteiger partial charge is 0.320 e. The number of carboxylic acid groups (broad SMARTS) is 1. The van der Waals surface area contributed by atoms with Crippen LogP contribution in [0.15, 0.2) is 18.2 Å². The first-order valence-electron chi connectivity index (χ1n) is 5.54. The van der Waals surface area contributed by atoms with Crippen LogP contribution in [0.1, 0.15) is 29.5 Å². The molecule has 0 bridgehead atoms. The number of hydrogen-bond donors (Lipinski definition) is 2. The van der Waals surface area contributed by atoms with Crippen molar-refractivity contribution in [2.24, 2.45) is 5.73 Å². The summed E-state index contributed by atoms with van der Waals surface area (Å²) >= 11 is 0. The number of benzene rings is 1. The third-order valence-electron chi connectivity index (χ3n) is 2.58. The van der Waals surface area contributed by atoms with Gasteiger partial charge in [0, 0.05) is 0 Å². The standard InChI is InChI=1S/C13H19NO2/c1-9-6-10(2)8-11(7-9)4-3-5-12(14)13(15)16/h6-8,12H,3-5,14H2,1-2H3,(H,15,16)/t12-/m0/s1. The minimum absolute atomic E-state index is 0.530. The molecule has 88 valence electrons. The predicted molar refractivity (Wildman–Crippen MR) is 64.5 cm³/mol. The third kappa shape index (κ3) is 4.03. The lowest BCUT2D eigenvalue weighted by atomic mass is 10.0. The molecule has 0 fully saturated rings. The van der Waals surface area contributed by atoms with E-state index < -0.39 is 12.0 Å². The van der Waals surface area contributed by atoms with Gasteiger partial charge < -0.3 is 10.8 Å². The Kier molecular flexibility index (Phi) is 4.50. The fraction of sp³-hybridized carbons (Fsp3) is 0.462. The average Bonchev–Trinajstić information content (AvgIpc) is 2.15. The van der Waals surface area contributed by atoms with Crippen LogP contribution in [0.2, 0.25) is 0 Å². The van der Waals surface area contributed by atoms with Gasteiger partial charge in [0.05, 0.1) is 0 Å². The second kappa shape index (κ2) is 5.66. The summed E-state index contributed by atoms with van der Waals surface area (Å²) in [7, 11) is 0. The van der Waals surface area contributed by atoms with Gasteiger partial charge in [-0.1, -0.05) is 29.3 Å². The monoisotopic (exact) mass is 221 g/mol. The number of aliphatic carboxylic acids is 1. The Labute approximate surface area is 96.3 Å². The first-order chi connectivity index (χ1) is 7.49. The lowest BCUT2D eigenvalue weighted by Crippen LogP contribution is -2.29. The highest BCUT2D eigenvalue weighted by Gasteiger charge is 2.10. The average molecular weight is 221 g/mol.